The summed E-state index contributed by atoms with van der Waals surface area (Å²) >= 11 is 0. The summed E-state index contributed by atoms with van der Waals surface area (Å²) in [7, 11) is 3.83. The fourth-order valence-corrected chi connectivity index (χ4v) is 4.82. The number of benzene rings is 2. The number of pyridine rings is 2. The van der Waals surface area contributed by atoms with E-state index in [9.17, 15) is 0 Å². The predicted octanol–water partition coefficient (Wildman–Crippen LogP) is 4.14. The average Bonchev–Trinajstić information content (AvgIpc) is 2.79. The van der Waals surface area contributed by atoms with Crippen molar-refractivity contribution in [2.75, 3.05) is 45.3 Å². The van der Waals surface area contributed by atoms with Crippen molar-refractivity contribution >= 4 is 44.1 Å². The Morgan fingerprint density at radius 3 is 2.75 bits per heavy atom. The SMILES string of the molecule is COc1cc2c(cc1OCC1CCCN(C)C1)ncc1c(N)nc3c(C)c(N)ccc3c12. The van der Waals surface area contributed by atoms with Crippen LogP contribution in [0.4, 0.5) is 11.5 Å². The lowest BCUT2D eigenvalue weighted by atomic mass is 9.99. The zero-order valence-corrected chi connectivity index (χ0v) is 18.8. The monoisotopic (exact) mass is 431 g/mol. The van der Waals surface area contributed by atoms with E-state index < -0.39 is 0 Å². The summed E-state index contributed by atoms with van der Waals surface area (Å²) < 4.78 is 12.0. The molecule has 0 radical (unpaired) electrons. The van der Waals surface area contributed by atoms with Gasteiger partial charge in [-0.15, -0.1) is 0 Å². The minimum Gasteiger partial charge on any atom is -0.493 e. The molecule has 2 aromatic heterocycles. The highest BCUT2D eigenvalue weighted by atomic mass is 16.5. The van der Waals surface area contributed by atoms with Crippen molar-refractivity contribution in [2.45, 2.75) is 19.8 Å². The number of likely N-dealkylation sites (tertiary alicyclic amines) is 1. The molecule has 4 aromatic rings. The van der Waals surface area contributed by atoms with Crippen molar-refractivity contribution in [2.24, 2.45) is 5.92 Å². The average molecular weight is 432 g/mol. The van der Waals surface area contributed by atoms with Gasteiger partial charge in [0.1, 0.15) is 5.82 Å². The number of hydrogen-bond acceptors (Lipinski definition) is 7. The van der Waals surface area contributed by atoms with Gasteiger partial charge >= 0.3 is 0 Å². The number of nitrogens with zero attached hydrogens (tertiary/aromatic N) is 3. The molecular weight excluding hydrogens is 402 g/mol. The van der Waals surface area contributed by atoms with Gasteiger partial charge in [-0.25, -0.2) is 4.98 Å². The van der Waals surface area contributed by atoms with E-state index in [0.717, 1.165) is 51.2 Å². The van der Waals surface area contributed by atoms with Crippen LogP contribution in [0.1, 0.15) is 18.4 Å². The first-order valence-corrected chi connectivity index (χ1v) is 11.0. The van der Waals surface area contributed by atoms with Gasteiger partial charge in [0.15, 0.2) is 11.5 Å². The minimum absolute atomic E-state index is 0.441. The summed E-state index contributed by atoms with van der Waals surface area (Å²) in [6.45, 7) is 4.84. The molecule has 0 bridgehead atoms. The van der Waals surface area contributed by atoms with Crippen molar-refractivity contribution in [1.82, 2.24) is 14.9 Å². The van der Waals surface area contributed by atoms with Crippen LogP contribution in [-0.2, 0) is 0 Å². The second kappa shape index (κ2) is 7.98. The number of anilines is 2. The molecule has 32 heavy (non-hydrogen) atoms. The first-order chi connectivity index (χ1) is 15.5. The molecule has 7 nitrogen and oxygen atoms in total. The summed E-state index contributed by atoms with van der Waals surface area (Å²) in [5, 5.41) is 3.76. The normalized spacial score (nSPS) is 17.3. The molecule has 166 valence electrons. The molecule has 1 aliphatic heterocycles. The van der Waals surface area contributed by atoms with Crippen molar-refractivity contribution in [3.8, 4) is 11.5 Å². The fraction of sp³-hybridized carbons (Fsp3) is 0.360. The number of aryl methyl sites for hydroxylation is 1. The van der Waals surface area contributed by atoms with E-state index in [2.05, 4.69) is 21.9 Å². The molecule has 5 rings (SSSR count). The van der Waals surface area contributed by atoms with E-state index in [-0.39, 0.29) is 0 Å². The van der Waals surface area contributed by atoms with Gasteiger partial charge in [0.05, 0.1) is 24.8 Å². The molecule has 0 spiro atoms. The van der Waals surface area contributed by atoms with Gasteiger partial charge in [0.2, 0.25) is 0 Å². The lowest BCUT2D eigenvalue weighted by molar-refractivity contribution is 0.148. The fourth-order valence-electron chi connectivity index (χ4n) is 4.82. The number of hydrogen-bond donors (Lipinski definition) is 2. The maximum absolute atomic E-state index is 6.32. The third-order valence-corrected chi connectivity index (χ3v) is 6.60. The van der Waals surface area contributed by atoms with Crippen LogP contribution < -0.4 is 20.9 Å². The number of fused-ring (bicyclic) bond motifs is 5. The molecule has 1 saturated heterocycles. The number of piperidine rings is 1. The first-order valence-electron chi connectivity index (χ1n) is 11.0. The summed E-state index contributed by atoms with van der Waals surface area (Å²) in [5.74, 6) is 2.36. The summed E-state index contributed by atoms with van der Waals surface area (Å²) in [6.07, 6.45) is 4.18. The number of nitrogen functional groups attached to an aromatic ring is 2. The third kappa shape index (κ3) is 3.42. The van der Waals surface area contributed by atoms with Crippen LogP contribution in [-0.4, -0.2) is 48.7 Å². The second-order valence-electron chi connectivity index (χ2n) is 8.82. The predicted molar refractivity (Wildman–Crippen MR) is 130 cm³/mol. The zero-order valence-electron chi connectivity index (χ0n) is 18.8. The number of nitrogens with two attached hydrogens (primary N) is 2. The largest absolute Gasteiger partial charge is 0.493 e. The van der Waals surface area contributed by atoms with E-state index in [0.29, 0.717) is 35.5 Å². The van der Waals surface area contributed by atoms with Gasteiger partial charge in [-0.3, -0.25) is 4.98 Å². The molecule has 1 atom stereocenters. The number of aromatic nitrogens is 2. The van der Waals surface area contributed by atoms with E-state index in [4.69, 9.17) is 20.9 Å². The molecule has 7 heteroatoms. The molecule has 3 heterocycles. The van der Waals surface area contributed by atoms with E-state index in [1.807, 2.05) is 31.2 Å². The van der Waals surface area contributed by atoms with Crippen LogP contribution >= 0.6 is 0 Å². The Balaban J connectivity index is 1.65. The Morgan fingerprint density at radius 1 is 1.12 bits per heavy atom. The van der Waals surface area contributed by atoms with Crippen LogP contribution in [0.3, 0.4) is 0 Å². The summed E-state index contributed by atoms with van der Waals surface area (Å²) in [5.41, 5.74) is 15.7. The lowest BCUT2D eigenvalue weighted by Gasteiger charge is -2.29. The summed E-state index contributed by atoms with van der Waals surface area (Å²) in [4.78, 5) is 11.6. The van der Waals surface area contributed by atoms with Crippen LogP contribution in [0.5, 0.6) is 11.5 Å². The molecule has 0 aliphatic carbocycles. The molecule has 1 aliphatic rings. The minimum atomic E-state index is 0.441. The van der Waals surface area contributed by atoms with E-state index >= 15 is 0 Å². The van der Waals surface area contributed by atoms with Gasteiger partial charge < -0.3 is 25.8 Å². The van der Waals surface area contributed by atoms with Crippen LogP contribution in [0.25, 0.3) is 32.6 Å². The first kappa shape index (κ1) is 20.6. The molecule has 1 fully saturated rings. The van der Waals surface area contributed by atoms with Gasteiger partial charge in [-0.05, 0) is 51.1 Å². The van der Waals surface area contributed by atoms with Gasteiger partial charge in [-0.1, -0.05) is 6.07 Å². The Hall–Kier alpha value is -3.32. The Kier molecular flexibility index (Phi) is 5.13. The number of methoxy groups -OCH3 is 1. The smallest absolute Gasteiger partial charge is 0.163 e. The van der Waals surface area contributed by atoms with Crippen molar-refractivity contribution in [3.05, 3.63) is 36.0 Å². The number of rotatable bonds is 4. The van der Waals surface area contributed by atoms with Crippen LogP contribution in [0.15, 0.2) is 30.5 Å². The standard InChI is InChI=1S/C25H29N5O2/c1-14-19(26)7-6-16-23-17-9-21(31-3)22(32-13-15-5-4-8-30(2)12-15)10-20(17)28-11-18(23)25(27)29-24(14)16/h6-7,9-11,15H,4-5,8,12-13,26H2,1-3H3,(H2,27,29). The molecule has 0 saturated carbocycles. The van der Waals surface area contributed by atoms with Gasteiger partial charge in [0.25, 0.3) is 0 Å². The Bertz CT molecular complexity index is 1340. The molecule has 2 aromatic carbocycles. The van der Waals surface area contributed by atoms with Gasteiger partial charge in [0, 0.05) is 52.0 Å². The molecule has 1 unspecified atom stereocenters. The Morgan fingerprint density at radius 2 is 1.97 bits per heavy atom. The van der Waals surface area contributed by atoms with E-state index in [1.54, 1.807) is 13.3 Å². The van der Waals surface area contributed by atoms with Crippen LogP contribution in [0.2, 0.25) is 0 Å². The van der Waals surface area contributed by atoms with Crippen LogP contribution in [0, 0.1) is 12.8 Å². The number of ether oxygens (including phenoxy) is 2. The third-order valence-electron chi connectivity index (χ3n) is 6.60. The highest BCUT2D eigenvalue weighted by Crippen LogP contribution is 2.39. The van der Waals surface area contributed by atoms with E-state index in [1.165, 1.54) is 12.8 Å². The topological polar surface area (TPSA) is 99.5 Å². The lowest BCUT2D eigenvalue weighted by Crippen LogP contribution is -2.34. The highest BCUT2D eigenvalue weighted by molar-refractivity contribution is 6.21. The van der Waals surface area contributed by atoms with Crippen molar-refractivity contribution in [1.29, 1.82) is 0 Å². The van der Waals surface area contributed by atoms with Gasteiger partial charge in [-0.2, -0.15) is 0 Å². The Labute approximate surface area is 187 Å². The molecular formula is C25H29N5O2. The van der Waals surface area contributed by atoms with Crippen molar-refractivity contribution < 1.29 is 9.47 Å². The zero-order chi connectivity index (χ0) is 22.4. The maximum atomic E-state index is 6.32. The second-order valence-corrected chi connectivity index (χ2v) is 8.82. The highest BCUT2D eigenvalue weighted by Gasteiger charge is 2.20. The molecule has 4 N–H and O–H groups in total. The van der Waals surface area contributed by atoms with Crippen molar-refractivity contribution in [3.63, 3.8) is 0 Å². The summed E-state index contributed by atoms with van der Waals surface area (Å²) in [6, 6.07) is 7.88. The maximum Gasteiger partial charge on any atom is 0.163 e. The molecule has 0 amide bonds. The quantitative estimate of drug-likeness (QED) is 0.370.